The number of aliphatic hydroxyl groups is 1. The fraction of sp³-hybridized carbons (Fsp3) is 0.276. The Kier molecular flexibility index (Phi) is 5.46. The third-order valence-corrected chi connectivity index (χ3v) is 7.39. The van der Waals surface area contributed by atoms with Gasteiger partial charge in [-0.05, 0) is 66.3 Å². The van der Waals surface area contributed by atoms with Gasteiger partial charge < -0.3 is 15.3 Å². The highest BCUT2D eigenvalue weighted by atomic mass is 16.3. The molecule has 176 valence electrons. The van der Waals surface area contributed by atoms with Crippen LogP contribution in [0.15, 0.2) is 66.9 Å². The molecule has 0 saturated carbocycles. The van der Waals surface area contributed by atoms with Crippen molar-refractivity contribution in [3.05, 3.63) is 94.8 Å². The third kappa shape index (κ3) is 3.84. The van der Waals surface area contributed by atoms with E-state index in [1.807, 2.05) is 18.2 Å². The van der Waals surface area contributed by atoms with Crippen LogP contribution in [-0.2, 0) is 30.6 Å². The van der Waals surface area contributed by atoms with E-state index in [0.29, 0.717) is 18.8 Å². The number of rotatable bonds is 6. The lowest BCUT2D eigenvalue weighted by atomic mass is 9.90. The van der Waals surface area contributed by atoms with E-state index in [-0.39, 0.29) is 24.5 Å². The van der Waals surface area contributed by atoms with Crippen LogP contribution in [0.5, 0.6) is 0 Å². The number of nitrogens with one attached hydrogen (secondary N) is 1. The van der Waals surface area contributed by atoms with Crippen LogP contribution in [0.2, 0.25) is 0 Å². The van der Waals surface area contributed by atoms with Crippen LogP contribution >= 0.6 is 0 Å². The Morgan fingerprint density at radius 2 is 1.97 bits per heavy atom. The molecular formula is C29H28N4O2. The van der Waals surface area contributed by atoms with Crippen molar-refractivity contribution in [2.75, 3.05) is 16.8 Å². The number of carbonyl (C=O) groups is 1. The summed E-state index contributed by atoms with van der Waals surface area (Å²) in [5, 5.41) is 14.0. The fourth-order valence-corrected chi connectivity index (χ4v) is 5.56. The average molecular weight is 465 g/mol. The molecule has 2 aliphatic rings. The van der Waals surface area contributed by atoms with Crippen LogP contribution in [0.3, 0.4) is 0 Å². The first kappa shape index (κ1) is 21.7. The Hall–Kier alpha value is -3.77. The van der Waals surface area contributed by atoms with Gasteiger partial charge in [0.2, 0.25) is 5.91 Å². The predicted octanol–water partition coefficient (Wildman–Crippen LogP) is 4.39. The molecule has 0 bridgehead atoms. The van der Waals surface area contributed by atoms with Gasteiger partial charge >= 0.3 is 0 Å². The normalized spacial score (nSPS) is 18.6. The van der Waals surface area contributed by atoms with E-state index in [0.717, 1.165) is 40.6 Å². The van der Waals surface area contributed by atoms with Crippen LogP contribution in [0, 0.1) is 0 Å². The summed E-state index contributed by atoms with van der Waals surface area (Å²) >= 11 is 0. The molecule has 2 aromatic heterocycles. The lowest BCUT2D eigenvalue weighted by Gasteiger charge is -2.26. The summed E-state index contributed by atoms with van der Waals surface area (Å²) in [5.74, 6) is 0.437. The number of fused-ring (bicyclic) bond motifs is 3. The van der Waals surface area contributed by atoms with E-state index in [1.54, 1.807) is 6.20 Å². The lowest BCUT2D eigenvalue weighted by molar-refractivity contribution is -0.117. The Bertz CT molecular complexity index is 1430. The summed E-state index contributed by atoms with van der Waals surface area (Å²) in [6, 6.07) is 20.9. The van der Waals surface area contributed by atoms with Gasteiger partial charge in [0, 0.05) is 22.8 Å². The summed E-state index contributed by atoms with van der Waals surface area (Å²) in [5.41, 5.74) is 7.71. The standard InChI is InChI=1S/C29H28N4O2/c1-2-18-12-19-9-10-22(16-33-23(17-34)13-20-6-3-4-8-27(20)33)31-26(19)15-21(18)14-25-24-7-5-11-30-28(24)32-29(25)35/h3-12,15,23,25,34H,2,13-14,16-17H2,1H3,(H,30,32,35). The number of hydrogen-bond donors (Lipinski definition) is 2. The molecule has 4 aromatic rings. The summed E-state index contributed by atoms with van der Waals surface area (Å²) in [4.78, 5) is 24.3. The summed E-state index contributed by atoms with van der Waals surface area (Å²) < 4.78 is 0. The van der Waals surface area contributed by atoms with Crippen LogP contribution in [0.25, 0.3) is 10.9 Å². The second kappa shape index (κ2) is 8.78. The smallest absolute Gasteiger partial charge is 0.233 e. The quantitative estimate of drug-likeness (QED) is 0.442. The minimum absolute atomic E-state index is 0.00491. The van der Waals surface area contributed by atoms with Gasteiger partial charge in [0.15, 0.2) is 0 Å². The Labute approximate surface area is 204 Å². The van der Waals surface area contributed by atoms with Gasteiger partial charge in [-0.3, -0.25) is 9.78 Å². The molecule has 2 unspecified atom stereocenters. The van der Waals surface area contributed by atoms with Crippen LogP contribution < -0.4 is 10.2 Å². The molecular weight excluding hydrogens is 436 g/mol. The molecule has 1 amide bonds. The lowest BCUT2D eigenvalue weighted by Crippen LogP contribution is -2.34. The number of anilines is 2. The van der Waals surface area contributed by atoms with Gasteiger partial charge in [0.1, 0.15) is 5.82 Å². The van der Waals surface area contributed by atoms with Crippen molar-refractivity contribution in [3.63, 3.8) is 0 Å². The van der Waals surface area contributed by atoms with Gasteiger partial charge in [-0.25, -0.2) is 4.98 Å². The van der Waals surface area contributed by atoms with Crippen LogP contribution in [0.4, 0.5) is 11.5 Å². The molecule has 2 aromatic carbocycles. The largest absolute Gasteiger partial charge is 0.394 e. The van der Waals surface area contributed by atoms with E-state index < -0.39 is 0 Å². The van der Waals surface area contributed by atoms with E-state index >= 15 is 0 Å². The molecule has 35 heavy (non-hydrogen) atoms. The van der Waals surface area contributed by atoms with Crippen LogP contribution in [-0.4, -0.2) is 33.6 Å². The van der Waals surface area contributed by atoms with Gasteiger partial charge in [0.25, 0.3) is 0 Å². The number of nitrogens with zero attached hydrogens (tertiary/aromatic N) is 3. The number of aryl methyl sites for hydroxylation is 1. The molecule has 0 radical (unpaired) electrons. The number of hydrogen-bond acceptors (Lipinski definition) is 5. The first-order chi connectivity index (χ1) is 17.1. The molecule has 6 rings (SSSR count). The van der Waals surface area contributed by atoms with Crippen molar-refractivity contribution in [1.29, 1.82) is 0 Å². The number of carbonyl (C=O) groups excluding carboxylic acids is 1. The first-order valence-electron chi connectivity index (χ1n) is 12.3. The van der Waals surface area contributed by atoms with E-state index in [9.17, 15) is 9.90 Å². The number of para-hydroxylation sites is 1. The Balaban J connectivity index is 1.33. The Morgan fingerprint density at radius 3 is 2.83 bits per heavy atom. The van der Waals surface area contributed by atoms with Crippen molar-refractivity contribution in [3.8, 4) is 0 Å². The summed E-state index contributed by atoms with van der Waals surface area (Å²) in [7, 11) is 0. The predicted molar refractivity (Wildman–Crippen MR) is 138 cm³/mol. The number of aromatic nitrogens is 2. The molecule has 2 N–H and O–H groups in total. The van der Waals surface area contributed by atoms with Crippen molar-refractivity contribution in [1.82, 2.24) is 9.97 Å². The van der Waals surface area contributed by atoms with Gasteiger partial charge in [-0.2, -0.15) is 0 Å². The van der Waals surface area contributed by atoms with E-state index in [2.05, 4.69) is 64.6 Å². The topological polar surface area (TPSA) is 78.3 Å². The zero-order chi connectivity index (χ0) is 23.9. The minimum atomic E-state index is -0.240. The third-order valence-electron chi connectivity index (χ3n) is 7.39. The molecule has 2 aliphatic heterocycles. The maximum atomic E-state index is 12.7. The highest BCUT2D eigenvalue weighted by Gasteiger charge is 2.32. The zero-order valence-corrected chi connectivity index (χ0v) is 19.7. The Morgan fingerprint density at radius 1 is 1.09 bits per heavy atom. The van der Waals surface area contributed by atoms with E-state index in [4.69, 9.17) is 4.98 Å². The minimum Gasteiger partial charge on any atom is -0.394 e. The highest BCUT2D eigenvalue weighted by Crippen LogP contribution is 2.35. The molecule has 0 aliphatic carbocycles. The number of amides is 1. The summed E-state index contributed by atoms with van der Waals surface area (Å²) in [6.45, 7) is 2.91. The fourth-order valence-electron chi connectivity index (χ4n) is 5.56. The highest BCUT2D eigenvalue weighted by molar-refractivity contribution is 6.02. The van der Waals surface area contributed by atoms with Gasteiger partial charge in [-0.1, -0.05) is 37.3 Å². The SMILES string of the molecule is CCc1cc2ccc(CN3c4ccccc4CC3CO)nc2cc1CC1C(=O)Nc2ncccc21. The second-order valence-corrected chi connectivity index (χ2v) is 9.45. The molecule has 0 fully saturated rings. The van der Waals surface area contributed by atoms with Crippen molar-refractivity contribution in [2.24, 2.45) is 0 Å². The zero-order valence-electron chi connectivity index (χ0n) is 19.7. The number of aliphatic hydroxyl groups excluding tert-OH is 1. The number of pyridine rings is 2. The maximum Gasteiger partial charge on any atom is 0.233 e. The maximum absolute atomic E-state index is 12.7. The van der Waals surface area contributed by atoms with Gasteiger partial charge in [-0.15, -0.1) is 0 Å². The van der Waals surface area contributed by atoms with E-state index in [1.165, 1.54) is 16.8 Å². The number of benzene rings is 2. The van der Waals surface area contributed by atoms with Gasteiger partial charge in [0.05, 0.1) is 36.3 Å². The molecule has 2 atom stereocenters. The molecule has 6 heteroatoms. The van der Waals surface area contributed by atoms with Crippen LogP contribution in [0.1, 0.15) is 40.8 Å². The summed E-state index contributed by atoms with van der Waals surface area (Å²) in [6.07, 6.45) is 4.08. The molecule has 0 saturated heterocycles. The van der Waals surface area contributed by atoms with Crippen molar-refractivity contribution in [2.45, 2.75) is 44.7 Å². The second-order valence-electron chi connectivity index (χ2n) is 9.45. The average Bonchev–Trinajstić information content (AvgIpc) is 3.40. The molecule has 0 spiro atoms. The van der Waals surface area contributed by atoms with Crippen molar-refractivity contribution < 1.29 is 9.90 Å². The molecule has 6 nitrogen and oxygen atoms in total. The first-order valence-corrected chi connectivity index (χ1v) is 12.3. The van der Waals surface area contributed by atoms with Crippen molar-refractivity contribution >= 4 is 28.3 Å². The molecule has 4 heterocycles. The monoisotopic (exact) mass is 464 g/mol.